The van der Waals surface area contributed by atoms with Crippen LogP contribution in [-0.2, 0) is 12.6 Å². The number of benzene rings is 1. The van der Waals surface area contributed by atoms with E-state index in [9.17, 15) is 23.1 Å². The highest BCUT2D eigenvalue weighted by Crippen LogP contribution is 2.39. The molecule has 2 aromatic rings. The molecule has 2 N–H and O–H groups in total. The van der Waals surface area contributed by atoms with Crippen LogP contribution in [-0.4, -0.2) is 17.5 Å². The van der Waals surface area contributed by atoms with Gasteiger partial charge in [0.25, 0.3) is 0 Å². The topological polar surface area (TPSA) is 67.9 Å². The first-order chi connectivity index (χ1) is 8.89. The summed E-state index contributed by atoms with van der Waals surface area (Å²) < 4.78 is 38.6. The largest absolute Gasteiger partial charge is 0.545 e. The molecule has 7 heteroatoms. The minimum absolute atomic E-state index is 0.0924. The van der Waals surface area contributed by atoms with Crippen LogP contribution in [0.4, 0.5) is 18.9 Å². The summed E-state index contributed by atoms with van der Waals surface area (Å²) in [5, 5.41) is 14.2. The summed E-state index contributed by atoms with van der Waals surface area (Å²) in [5.41, 5.74) is -0.647. The number of rotatable bonds is 1. The zero-order chi connectivity index (χ0) is 13.8. The number of halogens is 3. The van der Waals surface area contributed by atoms with E-state index in [1.807, 2.05) is 0 Å². The Labute approximate surface area is 105 Å². The molecule has 1 aromatic heterocycles. The molecule has 0 radical (unpaired) electrons. The van der Waals surface area contributed by atoms with Crippen molar-refractivity contribution in [2.45, 2.75) is 12.6 Å². The number of carboxylic acid groups (broad SMARTS) is 1. The van der Waals surface area contributed by atoms with E-state index in [2.05, 4.69) is 10.3 Å². The number of anilines is 1. The lowest BCUT2D eigenvalue weighted by Gasteiger charge is -2.09. The fourth-order valence-electron chi connectivity index (χ4n) is 2.52. The van der Waals surface area contributed by atoms with Crippen molar-refractivity contribution in [3.63, 3.8) is 0 Å². The fraction of sp³-hybridized carbons (Fsp3) is 0.250. The number of alkyl halides is 3. The molecule has 1 aromatic carbocycles. The van der Waals surface area contributed by atoms with Gasteiger partial charge in [0.1, 0.15) is 5.69 Å². The first-order valence-electron chi connectivity index (χ1n) is 5.59. The molecule has 0 spiro atoms. The standard InChI is InChI=1S/C12H9F3N2O2/c13-12(14,15)10-9(11(18)19)8-5-3-4-16-6(5)1-2-7(8)17-10/h1-2,16-17H,3-4H2,(H,18,19)/p-1. The Morgan fingerprint density at radius 3 is 2.68 bits per heavy atom. The van der Waals surface area contributed by atoms with Gasteiger partial charge in [0, 0.05) is 28.7 Å². The first-order valence-corrected chi connectivity index (χ1v) is 5.59. The number of nitrogens with one attached hydrogen (secondary N) is 2. The second-order valence-corrected chi connectivity index (χ2v) is 4.35. The van der Waals surface area contributed by atoms with E-state index in [4.69, 9.17) is 0 Å². The molecule has 0 bridgehead atoms. The van der Waals surface area contributed by atoms with Crippen molar-refractivity contribution >= 4 is 22.6 Å². The second-order valence-electron chi connectivity index (χ2n) is 4.35. The third-order valence-electron chi connectivity index (χ3n) is 3.25. The van der Waals surface area contributed by atoms with E-state index >= 15 is 0 Å². The normalized spacial score (nSPS) is 14.5. The lowest BCUT2D eigenvalue weighted by Crippen LogP contribution is -2.25. The maximum absolute atomic E-state index is 12.9. The van der Waals surface area contributed by atoms with E-state index in [-0.39, 0.29) is 10.9 Å². The zero-order valence-corrected chi connectivity index (χ0v) is 9.52. The van der Waals surface area contributed by atoms with Gasteiger partial charge in [-0.1, -0.05) is 0 Å². The highest BCUT2D eigenvalue weighted by molar-refractivity contribution is 6.07. The van der Waals surface area contributed by atoms with Crippen molar-refractivity contribution in [1.82, 2.24) is 4.98 Å². The molecule has 0 amide bonds. The molecular weight excluding hydrogens is 261 g/mol. The number of carbonyl (C=O) groups is 1. The van der Waals surface area contributed by atoms with Crippen molar-refractivity contribution in [3.8, 4) is 0 Å². The van der Waals surface area contributed by atoms with Crippen LogP contribution in [0.3, 0.4) is 0 Å². The SMILES string of the molecule is O=C([O-])c1c(C(F)(F)F)[nH]c2ccc3c(c12)CCN3. The maximum Gasteiger partial charge on any atom is 0.431 e. The van der Waals surface area contributed by atoms with E-state index in [1.165, 1.54) is 6.07 Å². The van der Waals surface area contributed by atoms with Crippen LogP contribution in [0.1, 0.15) is 21.6 Å². The summed E-state index contributed by atoms with van der Waals surface area (Å²) in [6, 6.07) is 3.08. The number of hydrogen-bond donors (Lipinski definition) is 2. The predicted molar refractivity (Wildman–Crippen MR) is 59.8 cm³/mol. The summed E-state index contributed by atoms with van der Waals surface area (Å²) in [6.07, 6.45) is -4.27. The summed E-state index contributed by atoms with van der Waals surface area (Å²) >= 11 is 0. The number of aromatic carboxylic acids is 1. The third kappa shape index (κ3) is 1.65. The van der Waals surface area contributed by atoms with Crippen LogP contribution in [0, 0.1) is 0 Å². The van der Waals surface area contributed by atoms with Crippen LogP contribution < -0.4 is 10.4 Å². The Kier molecular flexibility index (Phi) is 2.29. The predicted octanol–water partition coefficient (Wildman–Crippen LogP) is 1.52. The van der Waals surface area contributed by atoms with Gasteiger partial charge in [-0.05, 0) is 24.1 Å². The molecule has 19 heavy (non-hydrogen) atoms. The quantitative estimate of drug-likeness (QED) is 0.824. The average molecular weight is 269 g/mol. The lowest BCUT2D eigenvalue weighted by atomic mass is 10.0. The van der Waals surface area contributed by atoms with E-state index in [0.717, 1.165) is 0 Å². The van der Waals surface area contributed by atoms with Gasteiger partial charge in [-0.15, -0.1) is 0 Å². The molecule has 0 saturated carbocycles. The van der Waals surface area contributed by atoms with Crippen LogP contribution in [0.15, 0.2) is 12.1 Å². The average Bonchev–Trinajstić information content (AvgIpc) is 2.90. The van der Waals surface area contributed by atoms with E-state index in [0.29, 0.717) is 24.2 Å². The van der Waals surface area contributed by atoms with E-state index < -0.39 is 23.4 Å². The van der Waals surface area contributed by atoms with Crippen LogP contribution >= 0.6 is 0 Å². The highest BCUT2D eigenvalue weighted by Gasteiger charge is 2.37. The van der Waals surface area contributed by atoms with Crippen LogP contribution in [0.2, 0.25) is 0 Å². The van der Waals surface area contributed by atoms with Gasteiger partial charge >= 0.3 is 6.18 Å². The van der Waals surface area contributed by atoms with Crippen molar-refractivity contribution in [1.29, 1.82) is 0 Å². The molecule has 0 atom stereocenters. The number of fused-ring (bicyclic) bond motifs is 3. The number of hydrogen-bond acceptors (Lipinski definition) is 3. The number of carboxylic acids is 1. The summed E-state index contributed by atoms with van der Waals surface area (Å²) in [5.74, 6) is -1.82. The molecule has 100 valence electrons. The van der Waals surface area contributed by atoms with Gasteiger partial charge in [0.15, 0.2) is 0 Å². The van der Waals surface area contributed by atoms with Gasteiger partial charge in [-0.2, -0.15) is 13.2 Å². The monoisotopic (exact) mass is 269 g/mol. The number of aromatic nitrogens is 1. The Balaban J connectivity index is 2.42. The Bertz CT molecular complexity index is 688. The first kappa shape index (κ1) is 11.9. The van der Waals surface area contributed by atoms with Crippen molar-refractivity contribution in [2.24, 2.45) is 0 Å². The third-order valence-corrected chi connectivity index (χ3v) is 3.25. The molecule has 0 saturated heterocycles. The molecule has 1 aliphatic heterocycles. The zero-order valence-electron chi connectivity index (χ0n) is 9.52. The fourth-order valence-corrected chi connectivity index (χ4v) is 2.52. The molecule has 1 aliphatic rings. The second kappa shape index (κ2) is 3.66. The summed E-state index contributed by atoms with van der Waals surface area (Å²) in [6.45, 7) is 0.577. The van der Waals surface area contributed by atoms with Crippen molar-refractivity contribution in [3.05, 3.63) is 29.0 Å². The molecule has 3 rings (SSSR count). The summed E-state index contributed by atoms with van der Waals surface area (Å²) in [7, 11) is 0. The Morgan fingerprint density at radius 1 is 1.32 bits per heavy atom. The van der Waals surface area contributed by atoms with Gasteiger partial charge in [-0.25, -0.2) is 0 Å². The maximum atomic E-state index is 12.9. The smallest absolute Gasteiger partial charge is 0.431 e. The van der Waals surface area contributed by atoms with Gasteiger partial charge < -0.3 is 20.2 Å². The number of H-pyrrole nitrogens is 1. The Morgan fingerprint density at radius 2 is 2.05 bits per heavy atom. The lowest BCUT2D eigenvalue weighted by molar-refractivity contribution is -0.255. The molecule has 0 unspecified atom stereocenters. The molecule has 0 aliphatic carbocycles. The summed E-state index contributed by atoms with van der Waals surface area (Å²) in [4.78, 5) is 13.2. The van der Waals surface area contributed by atoms with Crippen molar-refractivity contribution < 1.29 is 23.1 Å². The minimum Gasteiger partial charge on any atom is -0.545 e. The number of carbonyl (C=O) groups excluding carboxylic acids is 1. The highest BCUT2D eigenvalue weighted by atomic mass is 19.4. The van der Waals surface area contributed by atoms with Gasteiger partial charge in [-0.3, -0.25) is 0 Å². The van der Waals surface area contributed by atoms with Crippen LogP contribution in [0.5, 0.6) is 0 Å². The van der Waals surface area contributed by atoms with Crippen molar-refractivity contribution in [2.75, 3.05) is 11.9 Å². The van der Waals surface area contributed by atoms with Crippen LogP contribution in [0.25, 0.3) is 10.9 Å². The minimum atomic E-state index is -4.76. The molecule has 2 heterocycles. The molecular formula is C12H8F3N2O2-. The van der Waals surface area contributed by atoms with E-state index in [1.54, 1.807) is 6.07 Å². The molecule has 0 fully saturated rings. The van der Waals surface area contributed by atoms with Gasteiger partial charge in [0.05, 0.1) is 5.97 Å². The van der Waals surface area contributed by atoms with Gasteiger partial charge in [0.2, 0.25) is 0 Å². The number of aromatic amines is 1. The molecule has 4 nitrogen and oxygen atoms in total. The Hall–Kier alpha value is -2.18.